The van der Waals surface area contributed by atoms with E-state index in [1.54, 1.807) is 12.1 Å². The molecule has 0 aliphatic rings. The lowest BCUT2D eigenvalue weighted by atomic mass is 10.2. The van der Waals surface area contributed by atoms with Gasteiger partial charge in [0.05, 0.1) is 18.0 Å². The van der Waals surface area contributed by atoms with Crippen molar-refractivity contribution in [3.63, 3.8) is 0 Å². The molecule has 0 atom stereocenters. The van der Waals surface area contributed by atoms with Crippen LogP contribution in [0.25, 0.3) is 0 Å². The van der Waals surface area contributed by atoms with Crippen molar-refractivity contribution in [1.29, 1.82) is 0 Å². The molecule has 0 radical (unpaired) electrons. The zero-order valence-electron chi connectivity index (χ0n) is 13.1. The van der Waals surface area contributed by atoms with E-state index in [1.807, 2.05) is 31.2 Å². The van der Waals surface area contributed by atoms with Crippen molar-refractivity contribution in [3.8, 4) is 11.6 Å². The predicted octanol–water partition coefficient (Wildman–Crippen LogP) is 3.94. The van der Waals surface area contributed by atoms with Crippen LogP contribution in [-0.4, -0.2) is 15.8 Å². The Hall–Kier alpha value is -3.68. The highest BCUT2D eigenvalue weighted by Gasteiger charge is 2.17. The molecule has 1 N–H and O–H groups in total. The van der Waals surface area contributed by atoms with Crippen LogP contribution < -0.4 is 10.1 Å². The highest BCUT2D eigenvalue weighted by atomic mass is 16.6. The average Bonchev–Trinajstić information content (AvgIpc) is 3.09. The molecule has 0 spiro atoms. The molecule has 126 valence electrons. The first-order valence-corrected chi connectivity index (χ1v) is 7.27. The molecule has 3 aromatic rings. The molecule has 0 saturated heterocycles. The summed E-state index contributed by atoms with van der Waals surface area (Å²) < 4.78 is 10.4. The summed E-state index contributed by atoms with van der Waals surface area (Å²) in [5.41, 5.74) is 1.52. The van der Waals surface area contributed by atoms with E-state index in [0.29, 0.717) is 17.3 Å². The Balaban J connectivity index is 1.64. The third kappa shape index (κ3) is 3.99. The molecular formula is C17H13N3O5. The number of nitro groups is 1. The number of amides is 1. The van der Waals surface area contributed by atoms with Crippen LogP contribution in [0, 0.1) is 17.0 Å². The molecule has 0 aliphatic carbocycles. The van der Waals surface area contributed by atoms with Crippen LogP contribution in [0.4, 0.5) is 11.6 Å². The second-order valence-corrected chi connectivity index (χ2v) is 5.15. The number of benzene rings is 1. The molecule has 2 aromatic heterocycles. The minimum Gasteiger partial charge on any atom is -0.439 e. The smallest absolute Gasteiger partial charge is 0.433 e. The first-order valence-electron chi connectivity index (χ1n) is 7.27. The van der Waals surface area contributed by atoms with E-state index >= 15 is 0 Å². The monoisotopic (exact) mass is 339 g/mol. The van der Waals surface area contributed by atoms with Crippen LogP contribution in [0.15, 0.2) is 59.1 Å². The third-order valence-electron chi connectivity index (χ3n) is 3.23. The van der Waals surface area contributed by atoms with Gasteiger partial charge in [0, 0.05) is 6.07 Å². The Morgan fingerprint density at radius 2 is 1.92 bits per heavy atom. The van der Waals surface area contributed by atoms with Crippen LogP contribution >= 0.6 is 0 Å². The maximum atomic E-state index is 12.0. The predicted molar refractivity (Wildman–Crippen MR) is 88.8 cm³/mol. The van der Waals surface area contributed by atoms with Crippen LogP contribution in [0.2, 0.25) is 0 Å². The fraction of sp³-hybridized carbons (Fsp3) is 0.0588. The van der Waals surface area contributed by atoms with Crippen LogP contribution in [0.3, 0.4) is 0 Å². The van der Waals surface area contributed by atoms with E-state index in [-0.39, 0.29) is 5.76 Å². The van der Waals surface area contributed by atoms with Gasteiger partial charge in [0.25, 0.3) is 5.91 Å². The first-order chi connectivity index (χ1) is 12.0. The van der Waals surface area contributed by atoms with E-state index in [4.69, 9.17) is 9.15 Å². The van der Waals surface area contributed by atoms with Gasteiger partial charge in [-0.25, -0.2) is 4.98 Å². The molecule has 0 aliphatic heterocycles. The normalized spacial score (nSPS) is 10.3. The largest absolute Gasteiger partial charge is 0.439 e. The van der Waals surface area contributed by atoms with Gasteiger partial charge >= 0.3 is 5.88 Å². The van der Waals surface area contributed by atoms with Gasteiger partial charge in [-0.2, -0.15) is 0 Å². The lowest BCUT2D eigenvalue weighted by Crippen LogP contribution is -2.11. The minimum absolute atomic E-state index is 0.160. The molecule has 25 heavy (non-hydrogen) atoms. The van der Waals surface area contributed by atoms with Gasteiger partial charge in [0.1, 0.15) is 10.7 Å². The average molecular weight is 339 g/mol. The van der Waals surface area contributed by atoms with Gasteiger partial charge in [-0.15, -0.1) is 0 Å². The van der Waals surface area contributed by atoms with Crippen molar-refractivity contribution < 1.29 is 18.9 Å². The number of furan rings is 1. The highest BCUT2D eigenvalue weighted by Crippen LogP contribution is 2.21. The summed E-state index contributed by atoms with van der Waals surface area (Å²) in [5, 5.41) is 13.1. The molecule has 0 unspecified atom stereocenters. The fourth-order valence-electron chi connectivity index (χ4n) is 1.98. The number of nitrogens with one attached hydrogen (secondary N) is 1. The molecule has 8 nitrogen and oxygen atoms in total. The minimum atomic E-state index is -0.713. The van der Waals surface area contributed by atoms with Crippen molar-refractivity contribution in [3.05, 3.63) is 76.2 Å². The van der Waals surface area contributed by atoms with Gasteiger partial charge in [-0.3, -0.25) is 14.9 Å². The summed E-state index contributed by atoms with van der Waals surface area (Å²) in [5.74, 6) is -0.243. The zero-order valence-corrected chi connectivity index (χ0v) is 13.1. The number of rotatable bonds is 5. The Morgan fingerprint density at radius 3 is 2.52 bits per heavy atom. The quantitative estimate of drug-likeness (QED) is 0.557. The molecular weight excluding hydrogens is 326 g/mol. The molecule has 1 aromatic carbocycles. The molecule has 0 fully saturated rings. The van der Waals surface area contributed by atoms with Crippen LogP contribution in [0.1, 0.15) is 16.1 Å². The molecule has 3 rings (SSSR count). The number of ether oxygens (including phenoxy) is 1. The summed E-state index contributed by atoms with van der Waals surface area (Å²) in [6, 6.07) is 13.1. The summed E-state index contributed by atoms with van der Waals surface area (Å²) in [6.45, 7) is 1.98. The number of hydrogen-bond acceptors (Lipinski definition) is 6. The van der Waals surface area contributed by atoms with Gasteiger partial charge in [-0.05, 0) is 31.2 Å². The number of pyridine rings is 1. The maximum absolute atomic E-state index is 12.0. The van der Waals surface area contributed by atoms with Gasteiger partial charge in [0.15, 0.2) is 5.76 Å². The van der Waals surface area contributed by atoms with E-state index in [9.17, 15) is 14.9 Å². The van der Waals surface area contributed by atoms with Crippen molar-refractivity contribution in [2.24, 2.45) is 0 Å². The van der Waals surface area contributed by atoms with Crippen LogP contribution in [-0.2, 0) is 0 Å². The standard InChI is InChI=1S/C17H13N3O5/c1-11-2-5-13(6-3-11)24-15-8-4-12(10-18-15)19-17(21)14-7-9-16(25-14)20(22)23/h2-10H,1H3,(H,19,21). The summed E-state index contributed by atoms with van der Waals surface area (Å²) in [6.07, 6.45) is 1.42. The second-order valence-electron chi connectivity index (χ2n) is 5.15. The first kappa shape index (κ1) is 16.2. The van der Waals surface area contributed by atoms with Crippen molar-refractivity contribution in [2.75, 3.05) is 5.32 Å². The van der Waals surface area contributed by atoms with E-state index in [0.717, 1.165) is 11.6 Å². The second kappa shape index (κ2) is 6.83. The molecule has 0 bridgehead atoms. The lowest BCUT2D eigenvalue weighted by Gasteiger charge is -2.06. The van der Waals surface area contributed by atoms with Gasteiger partial charge in [-0.1, -0.05) is 17.7 Å². The third-order valence-corrected chi connectivity index (χ3v) is 3.23. The van der Waals surface area contributed by atoms with Crippen LogP contribution in [0.5, 0.6) is 11.6 Å². The fourth-order valence-corrected chi connectivity index (χ4v) is 1.98. The number of nitrogens with zero attached hydrogens (tertiary/aromatic N) is 2. The number of aromatic nitrogens is 1. The Kier molecular flexibility index (Phi) is 4.42. The van der Waals surface area contributed by atoms with Gasteiger partial charge in [0.2, 0.25) is 5.88 Å². The van der Waals surface area contributed by atoms with E-state index in [2.05, 4.69) is 10.3 Å². The molecule has 0 saturated carbocycles. The van der Waals surface area contributed by atoms with Crippen molar-refractivity contribution in [1.82, 2.24) is 4.98 Å². The Bertz CT molecular complexity index is 901. The highest BCUT2D eigenvalue weighted by molar-refractivity contribution is 6.02. The number of hydrogen-bond donors (Lipinski definition) is 1. The summed E-state index contributed by atoms with van der Waals surface area (Å²) >= 11 is 0. The summed E-state index contributed by atoms with van der Waals surface area (Å²) in [4.78, 5) is 25.9. The number of carbonyl (C=O) groups excluding carboxylic acids is 1. The van der Waals surface area contributed by atoms with Crippen molar-refractivity contribution in [2.45, 2.75) is 6.92 Å². The Labute approximate surface area is 142 Å². The molecule has 1 amide bonds. The number of anilines is 1. The van der Waals surface area contributed by atoms with Crippen molar-refractivity contribution >= 4 is 17.5 Å². The lowest BCUT2D eigenvalue weighted by molar-refractivity contribution is -0.402. The maximum Gasteiger partial charge on any atom is 0.433 e. The molecule has 2 heterocycles. The zero-order chi connectivity index (χ0) is 17.8. The van der Waals surface area contributed by atoms with E-state index < -0.39 is 16.7 Å². The topological polar surface area (TPSA) is 108 Å². The Morgan fingerprint density at radius 1 is 1.16 bits per heavy atom. The van der Waals surface area contributed by atoms with E-state index in [1.165, 1.54) is 12.3 Å². The molecule has 8 heteroatoms. The number of carbonyl (C=O) groups is 1. The number of aryl methyl sites for hydroxylation is 1. The van der Waals surface area contributed by atoms with Gasteiger partial charge < -0.3 is 14.5 Å². The summed E-state index contributed by atoms with van der Waals surface area (Å²) in [7, 11) is 0. The SMILES string of the molecule is Cc1ccc(Oc2ccc(NC(=O)c3ccc([N+](=O)[O-])o3)cn2)cc1.